The number of benzene rings is 1. The number of rotatable bonds is 2. The van der Waals surface area contributed by atoms with E-state index in [4.69, 9.17) is 0 Å². The molecular formula is C14H18Br2. The van der Waals surface area contributed by atoms with Crippen LogP contribution < -0.4 is 0 Å². The average Bonchev–Trinajstić information content (AvgIpc) is 2.27. The summed E-state index contributed by atoms with van der Waals surface area (Å²) in [6.45, 7) is 4.42. The Balaban J connectivity index is 2.50. The molecule has 1 aliphatic rings. The van der Waals surface area contributed by atoms with Crippen molar-refractivity contribution in [3.05, 3.63) is 34.4 Å². The van der Waals surface area contributed by atoms with Crippen molar-refractivity contribution in [3.63, 3.8) is 0 Å². The van der Waals surface area contributed by atoms with Crippen LogP contribution in [0.1, 0.15) is 58.6 Å². The van der Waals surface area contributed by atoms with Crippen LogP contribution in [0, 0.1) is 0 Å². The average molecular weight is 346 g/mol. The Morgan fingerprint density at radius 1 is 0.875 bits per heavy atom. The van der Waals surface area contributed by atoms with Gasteiger partial charge in [-0.25, -0.2) is 0 Å². The highest BCUT2D eigenvalue weighted by atomic mass is 79.9. The largest absolute Gasteiger partial charge is 0.0842 e. The Hall–Kier alpha value is 0.180. The number of aryl methyl sites for hydroxylation is 2. The van der Waals surface area contributed by atoms with Gasteiger partial charge in [0.2, 0.25) is 0 Å². The minimum Gasteiger partial charge on any atom is -0.0842 e. The summed E-state index contributed by atoms with van der Waals surface area (Å²) in [6, 6.07) is 4.84. The van der Waals surface area contributed by atoms with Crippen molar-refractivity contribution < 1.29 is 0 Å². The fraction of sp³-hybridized carbons (Fsp3) is 0.571. The normalized spacial score (nSPS) is 19.0. The third-order valence-electron chi connectivity index (χ3n) is 3.40. The van der Waals surface area contributed by atoms with Gasteiger partial charge >= 0.3 is 0 Å². The Kier molecular flexibility index (Phi) is 4.12. The Bertz CT molecular complexity index is 344. The lowest BCUT2D eigenvalue weighted by atomic mass is 9.87. The fourth-order valence-electron chi connectivity index (χ4n) is 2.51. The van der Waals surface area contributed by atoms with Crippen molar-refractivity contribution in [2.75, 3.05) is 0 Å². The summed E-state index contributed by atoms with van der Waals surface area (Å²) in [4.78, 5) is 0.879. The molecule has 0 spiro atoms. The van der Waals surface area contributed by atoms with Gasteiger partial charge < -0.3 is 0 Å². The van der Waals surface area contributed by atoms with Crippen molar-refractivity contribution in [3.8, 4) is 0 Å². The predicted molar refractivity (Wildman–Crippen MR) is 77.8 cm³/mol. The lowest BCUT2D eigenvalue weighted by Crippen LogP contribution is -2.07. The van der Waals surface area contributed by atoms with E-state index in [1.54, 1.807) is 11.1 Å². The van der Waals surface area contributed by atoms with Crippen molar-refractivity contribution in [1.29, 1.82) is 0 Å². The van der Waals surface area contributed by atoms with Crippen molar-refractivity contribution in [2.45, 2.75) is 49.2 Å². The maximum absolute atomic E-state index is 3.71. The first kappa shape index (κ1) is 12.6. The number of hydrogen-bond donors (Lipinski definition) is 0. The van der Waals surface area contributed by atoms with E-state index in [1.807, 2.05) is 0 Å². The highest BCUT2D eigenvalue weighted by Crippen LogP contribution is 2.36. The molecule has 0 aromatic heterocycles. The van der Waals surface area contributed by atoms with Gasteiger partial charge in [-0.3, -0.25) is 0 Å². The molecule has 2 atom stereocenters. The van der Waals surface area contributed by atoms with Gasteiger partial charge in [-0.15, -0.1) is 0 Å². The zero-order valence-corrected chi connectivity index (χ0v) is 13.1. The van der Waals surface area contributed by atoms with Gasteiger partial charge in [-0.05, 0) is 61.8 Å². The van der Waals surface area contributed by atoms with E-state index in [0.717, 1.165) is 0 Å². The van der Waals surface area contributed by atoms with Crippen LogP contribution in [-0.4, -0.2) is 0 Å². The maximum atomic E-state index is 3.71. The minimum absolute atomic E-state index is 0.440. The number of alkyl halides is 2. The minimum atomic E-state index is 0.440. The standard InChI is InChI=1S/C14H18Br2/c1-9(15)13-7-11-5-3-4-6-12(11)8-14(13)10(2)16/h7-10H,3-6H2,1-2H3. The van der Waals surface area contributed by atoms with Crippen LogP contribution in [0.2, 0.25) is 0 Å². The molecule has 1 aliphatic carbocycles. The summed E-state index contributed by atoms with van der Waals surface area (Å²) in [5.74, 6) is 0. The molecule has 0 saturated carbocycles. The first-order valence-electron chi connectivity index (χ1n) is 6.03. The van der Waals surface area contributed by atoms with Gasteiger partial charge in [0.15, 0.2) is 0 Å². The van der Waals surface area contributed by atoms with Crippen LogP contribution in [0.3, 0.4) is 0 Å². The number of hydrogen-bond acceptors (Lipinski definition) is 0. The highest BCUT2D eigenvalue weighted by Gasteiger charge is 2.17. The zero-order valence-electron chi connectivity index (χ0n) is 9.89. The molecule has 0 fully saturated rings. The van der Waals surface area contributed by atoms with Crippen molar-refractivity contribution in [1.82, 2.24) is 0 Å². The van der Waals surface area contributed by atoms with Gasteiger partial charge in [0.25, 0.3) is 0 Å². The van der Waals surface area contributed by atoms with E-state index >= 15 is 0 Å². The molecule has 16 heavy (non-hydrogen) atoms. The van der Waals surface area contributed by atoms with E-state index in [9.17, 15) is 0 Å². The molecular weight excluding hydrogens is 328 g/mol. The summed E-state index contributed by atoms with van der Waals surface area (Å²) in [5, 5.41) is 0. The van der Waals surface area contributed by atoms with E-state index in [-0.39, 0.29) is 0 Å². The number of halogens is 2. The molecule has 2 rings (SSSR count). The van der Waals surface area contributed by atoms with Crippen LogP contribution in [0.4, 0.5) is 0 Å². The molecule has 2 unspecified atom stereocenters. The molecule has 0 nitrogen and oxygen atoms in total. The molecule has 1 aromatic rings. The lowest BCUT2D eigenvalue weighted by molar-refractivity contribution is 0.682. The Morgan fingerprint density at radius 2 is 1.25 bits per heavy atom. The summed E-state index contributed by atoms with van der Waals surface area (Å²) < 4.78 is 0. The molecule has 0 N–H and O–H groups in total. The van der Waals surface area contributed by atoms with Gasteiger partial charge in [0.1, 0.15) is 0 Å². The molecule has 0 aliphatic heterocycles. The Morgan fingerprint density at radius 3 is 1.56 bits per heavy atom. The second kappa shape index (κ2) is 5.22. The second-order valence-electron chi connectivity index (χ2n) is 4.69. The van der Waals surface area contributed by atoms with Crippen LogP contribution in [0.25, 0.3) is 0 Å². The summed E-state index contributed by atoms with van der Waals surface area (Å²) >= 11 is 7.42. The van der Waals surface area contributed by atoms with Gasteiger partial charge in [-0.2, -0.15) is 0 Å². The zero-order chi connectivity index (χ0) is 11.7. The highest BCUT2D eigenvalue weighted by molar-refractivity contribution is 9.09. The van der Waals surface area contributed by atoms with Gasteiger partial charge in [0, 0.05) is 9.65 Å². The fourth-order valence-corrected chi connectivity index (χ4v) is 3.31. The van der Waals surface area contributed by atoms with Gasteiger partial charge in [0.05, 0.1) is 0 Å². The summed E-state index contributed by atoms with van der Waals surface area (Å²) in [5.41, 5.74) is 6.05. The first-order valence-corrected chi connectivity index (χ1v) is 7.86. The molecule has 0 heterocycles. The van der Waals surface area contributed by atoms with Crippen molar-refractivity contribution in [2.24, 2.45) is 0 Å². The molecule has 0 saturated heterocycles. The van der Waals surface area contributed by atoms with E-state index in [2.05, 4.69) is 57.8 Å². The van der Waals surface area contributed by atoms with E-state index < -0.39 is 0 Å². The maximum Gasteiger partial charge on any atom is 0.0370 e. The Labute approximate surface area is 115 Å². The van der Waals surface area contributed by atoms with Crippen molar-refractivity contribution >= 4 is 31.9 Å². The molecule has 0 bridgehead atoms. The lowest BCUT2D eigenvalue weighted by Gasteiger charge is -2.22. The summed E-state index contributed by atoms with van der Waals surface area (Å²) in [6.07, 6.45) is 5.23. The van der Waals surface area contributed by atoms with Crippen LogP contribution in [0.5, 0.6) is 0 Å². The van der Waals surface area contributed by atoms with Gasteiger partial charge in [-0.1, -0.05) is 44.0 Å². The molecule has 88 valence electrons. The topological polar surface area (TPSA) is 0 Å². The third kappa shape index (κ3) is 2.53. The SMILES string of the molecule is CC(Br)c1cc2c(cc1C(C)Br)CCCC2. The molecule has 2 heteroatoms. The molecule has 0 amide bonds. The first-order chi connectivity index (χ1) is 7.59. The third-order valence-corrected chi connectivity index (χ3v) is 4.39. The summed E-state index contributed by atoms with van der Waals surface area (Å²) in [7, 11) is 0. The second-order valence-corrected chi connectivity index (χ2v) is 7.44. The smallest absolute Gasteiger partial charge is 0.0370 e. The monoisotopic (exact) mass is 344 g/mol. The molecule has 1 aromatic carbocycles. The van der Waals surface area contributed by atoms with Crippen LogP contribution in [0.15, 0.2) is 12.1 Å². The predicted octanol–water partition coefficient (Wildman–Crippen LogP) is 5.48. The number of fused-ring (bicyclic) bond motifs is 1. The van der Waals surface area contributed by atoms with Crippen LogP contribution in [-0.2, 0) is 12.8 Å². The van der Waals surface area contributed by atoms with Crippen LogP contribution >= 0.6 is 31.9 Å². The van der Waals surface area contributed by atoms with E-state index in [1.165, 1.54) is 36.8 Å². The van der Waals surface area contributed by atoms with E-state index in [0.29, 0.717) is 9.65 Å². The molecule has 0 radical (unpaired) electrons. The quantitative estimate of drug-likeness (QED) is 0.623.